The van der Waals surface area contributed by atoms with Gasteiger partial charge in [0, 0.05) is 42.5 Å². The van der Waals surface area contributed by atoms with Crippen molar-refractivity contribution in [1.29, 1.82) is 0 Å². The van der Waals surface area contributed by atoms with Gasteiger partial charge in [0.2, 0.25) is 0 Å². The smallest absolute Gasteiger partial charge is 0.191 e. The van der Waals surface area contributed by atoms with Crippen molar-refractivity contribution in [3.8, 4) is 0 Å². The first-order chi connectivity index (χ1) is 13.8. The fourth-order valence-corrected chi connectivity index (χ4v) is 4.04. The molecule has 2 fully saturated rings. The fraction of sp³-hybridized carbons (Fsp3) is 0.500. The number of furan rings is 1. The van der Waals surface area contributed by atoms with E-state index in [1.807, 2.05) is 24.3 Å². The Bertz CT molecular complexity index is 781. The van der Waals surface area contributed by atoms with Crippen molar-refractivity contribution in [3.63, 3.8) is 0 Å². The van der Waals surface area contributed by atoms with Gasteiger partial charge >= 0.3 is 0 Å². The minimum atomic E-state index is 0.0877. The number of nitrogens with one attached hydrogen (secondary N) is 2. The summed E-state index contributed by atoms with van der Waals surface area (Å²) in [6, 6.07) is 12.1. The standard InChI is InChI=1S/C22H28ClN3O2/c23-20-6-2-1-5-19(20)22(9-10-22)16-26-21(25-14-17-8-13-27-15-17)24-11-7-18-4-3-12-28-18/h1-6,12,17H,7-11,13-16H2,(H2,24,25,26). The predicted molar refractivity (Wildman–Crippen MR) is 112 cm³/mol. The SMILES string of the molecule is Clc1ccccc1C1(CN=C(NCCc2ccco2)NCC2CCOC2)CC1. The molecule has 0 radical (unpaired) electrons. The van der Waals surface area contributed by atoms with Crippen LogP contribution in [0.3, 0.4) is 0 Å². The van der Waals surface area contributed by atoms with Gasteiger partial charge in [-0.25, -0.2) is 0 Å². The number of benzene rings is 1. The molecule has 1 saturated carbocycles. The van der Waals surface area contributed by atoms with Crippen LogP contribution in [0.15, 0.2) is 52.1 Å². The Morgan fingerprint density at radius 1 is 1.18 bits per heavy atom. The molecule has 2 heterocycles. The minimum absolute atomic E-state index is 0.0877. The van der Waals surface area contributed by atoms with E-state index < -0.39 is 0 Å². The average molecular weight is 402 g/mol. The number of nitrogens with zero attached hydrogens (tertiary/aromatic N) is 1. The van der Waals surface area contributed by atoms with Gasteiger partial charge in [0.15, 0.2) is 5.96 Å². The molecule has 1 aliphatic heterocycles. The number of hydrogen-bond acceptors (Lipinski definition) is 3. The Balaban J connectivity index is 1.38. The molecular weight excluding hydrogens is 374 g/mol. The molecule has 0 spiro atoms. The van der Waals surface area contributed by atoms with Gasteiger partial charge in [-0.2, -0.15) is 0 Å². The predicted octanol–water partition coefficient (Wildman–Crippen LogP) is 3.78. The lowest BCUT2D eigenvalue weighted by Crippen LogP contribution is -2.41. The van der Waals surface area contributed by atoms with Crippen LogP contribution in [0.25, 0.3) is 0 Å². The van der Waals surface area contributed by atoms with Crippen molar-refractivity contribution in [2.75, 3.05) is 32.8 Å². The van der Waals surface area contributed by atoms with E-state index in [1.54, 1.807) is 6.26 Å². The van der Waals surface area contributed by atoms with E-state index in [2.05, 4.69) is 22.8 Å². The number of hydrogen-bond donors (Lipinski definition) is 2. The molecule has 2 aromatic rings. The van der Waals surface area contributed by atoms with Crippen LogP contribution in [0.2, 0.25) is 5.02 Å². The van der Waals surface area contributed by atoms with Gasteiger partial charge < -0.3 is 19.8 Å². The topological polar surface area (TPSA) is 58.8 Å². The second-order valence-electron chi connectivity index (χ2n) is 7.79. The zero-order chi connectivity index (χ0) is 19.2. The quantitative estimate of drug-likeness (QED) is 0.522. The third-order valence-electron chi connectivity index (χ3n) is 5.66. The lowest BCUT2D eigenvalue weighted by atomic mass is 9.96. The molecule has 6 heteroatoms. The third-order valence-corrected chi connectivity index (χ3v) is 5.99. The average Bonchev–Trinajstić information content (AvgIpc) is 3.10. The van der Waals surface area contributed by atoms with E-state index in [9.17, 15) is 0 Å². The second-order valence-corrected chi connectivity index (χ2v) is 8.20. The van der Waals surface area contributed by atoms with E-state index in [0.29, 0.717) is 5.92 Å². The van der Waals surface area contributed by atoms with Crippen LogP contribution < -0.4 is 10.6 Å². The number of guanidine groups is 1. The number of halogens is 1. The summed E-state index contributed by atoms with van der Waals surface area (Å²) in [5.74, 6) is 2.39. The molecular formula is C22H28ClN3O2. The monoisotopic (exact) mass is 401 g/mol. The van der Waals surface area contributed by atoms with Crippen molar-refractivity contribution in [1.82, 2.24) is 10.6 Å². The molecule has 1 atom stereocenters. The zero-order valence-corrected chi connectivity index (χ0v) is 16.9. The normalized spacial score (nSPS) is 20.9. The van der Waals surface area contributed by atoms with Crippen LogP contribution >= 0.6 is 11.6 Å². The van der Waals surface area contributed by atoms with Crippen LogP contribution in [0.1, 0.15) is 30.6 Å². The molecule has 150 valence electrons. The maximum absolute atomic E-state index is 6.45. The lowest BCUT2D eigenvalue weighted by Gasteiger charge is -2.18. The highest BCUT2D eigenvalue weighted by molar-refractivity contribution is 6.31. The summed E-state index contributed by atoms with van der Waals surface area (Å²) in [7, 11) is 0. The van der Waals surface area contributed by atoms with Crippen molar-refractivity contribution in [2.45, 2.75) is 31.1 Å². The molecule has 2 N–H and O–H groups in total. The summed E-state index contributed by atoms with van der Waals surface area (Å²) >= 11 is 6.45. The van der Waals surface area contributed by atoms with Crippen LogP contribution in [0.5, 0.6) is 0 Å². The van der Waals surface area contributed by atoms with E-state index in [1.165, 1.54) is 5.56 Å². The molecule has 2 aliphatic rings. The number of aliphatic imine (C=N–C) groups is 1. The maximum Gasteiger partial charge on any atom is 0.191 e. The van der Waals surface area contributed by atoms with E-state index >= 15 is 0 Å². The summed E-state index contributed by atoms with van der Waals surface area (Å²) in [6.45, 7) is 4.09. The summed E-state index contributed by atoms with van der Waals surface area (Å²) in [5.41, 5.74) is 1.31. The molecule has 1 aliphatic carbocycles. The lowest BCUT2D eigenvalue weighted by molar-refractivity contribution is 0.186. The Labute approximate surface area is 171 Å². The molecule has 0 bridgehead atoms. The van der Waals surface area contributed by atoms with Crippen molar-refractivity contribution < 1.29 is 9.15 Å². The van der Waals surface area contributed by atoms with Crippen LogP contribution in [-0.4, -0.2) is 38.8 Å². The van der Waals surface area contributed by atoms with Gasteiger partial charge in [-0.15, -0.1) is 0 Å². The molecule has 1 unspecified atom stereocenters. The summed E-state index contributed by atoms with van der Waals surface area (Å²) in [4.78, 5) is 4.92. The fourth-order valence-electron chi connectivity index (χ4n) is 3.70. The third kappa shape index (κ3) is 4.89. The molecule has 5 nitrogen and oxygen atoms in total. The molecule has 4 rings (SSSR count). The molecule has 28 heavy (non-hydrogen) atoms. The van der Waals surface area contributed by atoms with Gasteiger partial charge in [0.05, 0.1) is 19.4 Å². The largest absolute Gasteiger partial charge is 0.469 e. The first kappa shape index (κ1) is 19.3. The number of ether oxygens (including phenoxy) is 1. The Hall–Kier alpha value is -1.98. The van der Waals surface area contributed by atoms with Gasteiger partial charge in [-0.3, -0.25) is 4.99 Å². The van der Waals surface area contributed by atoms with E-state index in [4.69, 9.17) is 25.7 Å². The van der Waals surface area contributed by atoms with E-state index in [-0.39, 0.29) is 5.41 Å². The Morgan fingerprint density at radius 3 is 2.79 bits per heavy atom. The molecule has 0 amide bonds. The van der Waals surface area contributed by atoms with Gasteiger partial charge in [0.1, 0.15) is 5.76 Å². The molecule has 1 aromatic heterocycles. The van der Waals surface area contributed by atoms with E-state index in [0.717, 1.165) is 75.3 Å². The zero-order valence-electron chi connectivity index (χ0n) is 16.1. The van der Waals surface area contributed by atoms with Crippen molar-refractivity contribution in [3.05, 3.63) is 59.0 Å². The summed E-state index contributed by atoms with van der Waals surface area (Å²) < 4.78 is 10.9. The highest BCUT2D eigenvalue weighted by Gasteiger charge is 2.45. The molecule has 1 saturated heterocycles. The Kier molecular flexibility index (Phi) is 6.23. The van der Waals surface area contributed by atoms with Crippen molar-refractivity contribution in [2.24, 2.45) is 10.9 Å². The maximum atomic E-state index is 6.45. The minimum Gasteiger partial charge on any atom is -0.469 e. The number of rotatable bonds is 8. The first-order valence-electron chi connectivity index (χ1n) is 10.1. The summed E-state index contributed by atoms with van der Waals surface area (Å²) in [5, 5.41) is 7.80. The van der Waals surface area contributed by atoms with Gasteiger partial charge in [-0.1, -0.05) is 29.8 Å². The summed E-state index contributed by atoms with van der Waals surface area (Å²) in [6.07, 6.45) is 5.92. The van der Waals surface area contributed by atoms with Crippen LogP contribution in [0.4, 0.5) is 0 Å². The Morgan fingerprint density at radius 2 is 2.07 bits per heavy atom. The van der Waals surface area contributed by atoms with Gasteiger partial charge in [-0.05, 0) is 43.0 Å². The highest BCUT2D eigenvalue weighted by Crippen LogP contribution is 2.50. The van der Waals surface area contributed by atoms with Crippen LogP contribution in [0, 0.1) is 5.92 Å². The first-order valence-corrected chi connectivity index (χ1v) is 10.5. The van der Waals surface area contributed by atoms with Crippen molar-refractivity contribution >= 4 is 17.6 Å². The second kappa shape index (κ2) is 9.01. The highest BCUT2D eigenvalue weighted by atomic mass is 35.5. The molecule has 1 aromatic carbocycles. The van der Waals surface area contributed by atoms with Gasteiger partial charge in [0.25, 0.3) is 0 Å². The van der Waals surface area contributed by atoms with Crippen LogP contribution in [-0.2, 0) is 16.6 Å².